The lowest BCUT2D eigenvalue weighted by Crippen LogP contribution is -2.50. The molecule has 4 rings (SSSR count). The maximum atomic E-state index is 13.2. The number of para-hydroxylation sites is 1. The predicted octanol–water partition coefficient (Wildman–Crippen LogP) is 3.72. The van der Waals surface area contributed by atoms with Crippen LogP contribution in [-0.4, -0.2) is 51.8 Å². The molecule has 1 aromatic carbocycles. The lowest BCUT2D eigenvalue weighted by molar-refractivity contribution is 0.0901. The Balaban J connectivity index is 1.67. The maximum absolute atomic E-state index is 13.2. The van der Waals surface area contributed by atoms with E-state index in [9.17, 15) is 4.79 Å². The largest absolute Gasteiger partial charge is 0.350 e. The molecule has 6 heteroatoms. The first-order chi connectivity index (χ1) is 14.0. The van der Waals surface area contributed by atoms with Crippen molar-refractivity contribution in [1.82, 2.24) is 25.0 Å². The summed E-state index contributed by atoms with van der Waals surface area (Å²) < 4.78 is 1.87. The molecule has 0 bridgehead atoms. The van der Waals surface area contributed by atoms with Crippen molar-refractivity contribution in [3.8, 4) is 11.3 Å². The summed E-state index contributed by atoms with van der Waals surface area (Å²) in [6.07, 6.45) is 8.47. The maximum Gasteiger partial charge on any atom is 0.252 e. The zero-order valence-corrected chi connectivity index (χ0v) is 17.5. The summed E-state index contributed by atoms with van der Waals surface area (Å²) in [7, 11) is 4.23. The number of hydrogen-bond acceptors (Lipinski definition) is 4. The van der Waals surface area contributed by atoms with Crippen molar-refractivity contribution in [3.05, 3.63) is 48.3 Å². The number of nitrogens with one attached hydrogen (secondary N) is 1. The van der Waals surface area contributed by atoms with Gasteiger partial charge in [-0.25, -0.2) is 4.98 Å². The molecule has 2 heterocycles. The van der Waals surface area contributed by atoms with E-state index in [1.165, 1.54) is 12.8 Å². The number of rotatable bonds is 6. The molecule has 6 nitrogen and oxygen atoms in total. The van der Waals surface area contributed by atoms with Crippen molar-refractivity contribution in [2.75, 3.05) is 20.6 Å². The average Bonchev–Trinajstić information content (AvgIpc) is 3.41. The number of carbonyl (C=O) groups excluding carboxylic acids is 1. The minimum atomic E-state index is -0.0409. The van der Waals surface area contributed by atoms with E-state index in [0.717, 1.165) is 41.5 Å². The van der Waals surface area contributed by atoms with Gasteiger partial charge in [-0.3, -0.25) is 9.48 Å². The topological polar surface area (TPSA) is 63.1 Å². The number of likely N-dealkylation sites (N-methyl/N-ethyl adjacent to an activating group) is 1. The van der Waals surface area contributed by atoms with Gasteiger partial charge in [0, 0.05) is 35.8 Å². The number of hydrogen-bond donors (Lipinski definition) is 1. The number of fused-ring (bicyclic) bond motifs is 1. The van der Waals surface area contributed by atoms with Crippen molar-refractivity contribution in [2.24, 2.45) is 0 Å². The third-order valence-corrected chi connectivity index (χ3v) is 6.27. The standard InChI is InChI=1S/C23H29N5O/c1-4-28-15-17(14-25-28)21-13-19(18-9-5-6-10-20(18)26-21)22(29)24-16-23(27(2)3)11-7-8-12-23/h5-6,9-10,13-15H,4,7-8,11-12,16H2,1-3H3,(H,24,29). The molecule has 1 fully saturated rings. The van der Waals surface area contributed by atoms with Gasteiger partial charge in [-0.15, -0.1) is 0 Å². The number of nitrogens with zero attached hydrogens (tertiary/aromatic N) is 4. The van der Waals surface area contributed by atoms with Crippen LogP contribution in [0.2, 0.25) is 0 Å². The van der Waals surface area contributed by atoms with Crippen LogP contribution in [0.5, 0.6) is 0 Å². The fourth-order valence-corrected chi connectivity index (χ4v) is 4.34. The Hall–Kier alpha value is -2.73. The highest BCUT2D eigenvalue weighted by atomic mass is 16.1. The van der Waals surface area contributed by atoms with Crippen LogP contribution in [0.25, 0.3) is 22.2 Å². The Morgan fingerprint density at radius 1 is 1.24 bits per heavy atom. The van der Waals surface area contributed by atoms with E-state index in [0.29, 0.717) is 12.1 Å². The van der Waals surface area contributed by atoms with Gasteiger partial charge < -0.3 is 10.2 Å². The zero-order valence-electron chi connectivity index (χ0n) is 17.5. The van der Waals surface area contributed by atoms with Crippen molar-refractivity contribution in [2.45, 2.75) is 44.7 Å². The Morgan fingerprint density at radius 2 is 2.00 bits per heavy atom. The Kier molecular flexibility index (Phi) is 5.37. The van der Waals surface area contributed by atoms with Gasteiger partial charge in [0.25, 0.3) is 5.91 Å². The van der Waals surface area contributed by atoms with Gasteiger partial charge in [0.15, 0.2) is 0 Å². The number of amides is 1. The van der Waals surface area contributed by atoms with Gasteiger partial charge in [-0.1, -0.05) is 31.0 Å². The number of aromatic nitrogens is 3. The molecule has 0 saturated heterocycles. The summed E-state index contributed by atoms with van der Waals surface area (Å²) >= 11 is 0. The van der Waals surface area contributed by atoms with Gasteiger partial charge in [0.05, 0.1) is 23.0 Å². The Labute approximate surface area is 171 Å². The van der Waals surface area contributed by atoms with Gasteiger partial charge in [-0.05, 0) is 46.0 Å². The summed E-state index contributed by atoms with van der Waals surface area (Å²) in [4.78, 5) is 20.3. The Morgan fingerprint density at radius 3 is 2.69 bits per heavy atom. The first-order valence-electron chi connectivity index (χ1n) is 10.4. The third-order valence-electron chi connectivity index (χ3n) is 6.27. The smallest absolute Gasteiger partial charge is 0.252 e. The van der Waals surface area contributed by atoms with E-state index in [2.05, 4.69) is 29.4 Å². The van der Waals surface area contributed by atoms with E-state index < -0.39 is 0 Å². The van der Waals surface area contributed by atoms with Gasteiger partial charge >= 0.3 is 0 Å². The predicted molar refractivity (Wildman–Crippen MR) is 116 cm³/mol. The van der Waals surface area contributed by atoms with Gasteiger partial charge in [-0.2, -0.15) is 5.10 Å². The second-order valence-corrected chi connectivity index (χ2v) is 8.17. The second kappa shape index (κ2) is 7.95. The highest BCUT2D eigenvalue weighted by Gasteiger charge is 2.36. The molecule has 0 atom stereocenters. The molecule has 2 aromatic heterocycles. The van der Waals surface area contributed by atoms with E-state index in [1.54, 1.807) is 0 Å². The van der Waals surface area contributed by atoms with Gasteiger partial charge in [0.1, 0.15) is 0 Å². The average molecular weight is 392 g/mol. The lowest BCUT2D eigenvalue weighted by Gasteiger charge is -2.36. The van der Waals surface area contributed by atoms with Crippen LogP contribution in [0.4, 0.5) is 0 Å². The molecule has 0 unspecified atom stereocenters. The minimum Gasteiger partial charge on any atom is -0.350 e. The van der Waals surface area contributed by atoms with Crippen LogP contribution in [0.1, 0.15) is 43.0 Å². The van der Waals surface area contributed by atoms with Crippen molar-refractivity contribution in [3.63, 3.8) is 0 Å². The molecule has 152 valence electrons. The Bertz CT molecular complexity index is 1020. The highest BCUT2D eigenvalue weighted by Crippen LogP contribution is 2.33. The fraction of sp³-hybridized carbons (Fsp3) is 0.435. The van der Waals surface area contributed by atoms with Crippen molar-refractivity contribution < 1.29 is 4.79 Å². The normalized spacial score (nSPS) is 15.9. The molecule has 1 N–H and O–H groups in total. The highest BCUT2D eigenvalue weighted by molar-refractivity contribution is 6.07. The lowest BCUT2D eigenvalue weighted by atomic mass is 9.95. The van der Waals surface area contributed by atoms with E-state index in [-0.39, 0.29) is 11.4 Å². The number of aryl methyl sites for hydroxylation is 1. The minimum absolute atomic E-state index is 0.0409. The molecular formula is C23H29N5O. The zero-order chi connectivity index (χ0) is 20.4. The van der Waals surface area contributed by atoms with Crippen LogP contribution in [-0.2, 0) is 6.54 Å². The molecule has 29 heavy (non-hydrogen) atoms. The van der Waals surface area contributed by atoms with E-state index in [4.69, 9.17) is 4.98 Å². The number of benzene rings is 1. The van der Waals surface area contributed by atoms with Gasteiger partial charge in [0.2, 0.25) is 0 Å². The van der Waals surface area contributed by atoms with Crippen LogP contribution < -0.4 is 5.32 Å². The number of carbonyl (C=O) groups is 1. The molecule has 3 aromatic rings. The van der Waals surface area contributed by atoms with Crippen molar-refractivity contribution >= 4 is 16.8 Å². The second-order valence-electron chi connectivity index (χ2n) is 8.17. The quantitative estimate of drug-likeness (QED) is 0.696. The summed E-state index contributed by atoms with van der Waals surface area (Å²) in [5.74, 6) is -0.0409. The SMILES string of the molecule is CCn1cc(-c2cc(C(=O)NCC3(N(C)C)CCCC3)c3ccccc3n2)cn1. The molecule has 1 saturated carbocycles. The first kappa shape index (κ1) is 19.6. The first-order valence-corrected chi connectivity index (χ1v) is 10.4. The monoisotopic (exact) mass is 391 g/mol. The number of pyridine rings is 1. The van der Waals surface area contributed by atoms with Crippen LogP contribution in [0.3, 0.4) is 0 Å². The molecule has 0 aliphatic heterocycles. The molecule has 1 aliphatic carbocycles. The summed E-state index contributed by atoms with van der Waals surface area (Å²) in [5, 5.41) is 8.45. The van der Waals surface area contributed by atoms with Crippen LogP contribution in [0.15, 0.2) is 42.7 Å². The van der Waals surface area contributed by atoms with Crippen LogP contribution >= 0.6 is 0 Å². The molecule has 1 amide bonds. The summed E-state index contributed by atoms with van der Waals surface area (Å²) in [5.41, 5.74) is 3.25. The summed E-state index contributed by atoms with van der Waals surface area (Å²) in [6.45, 7) is 3.51. The molecular weight excluding hydrogens is 362 g/mol. The van der Waals surface area contributed by atoms with Crippen LogP contribution in [0, 0.1) is 0 Å². The summed E-state index contributed by atoms with van der Waals surface area (Å²) in [6, 6.07) is 9.72. The molecule has 0 radical (unpaired) electrons. The van der Waals surface area contributed by atoms with E-state index >= 15 is 0 Å². The molecule has 1 aliphatic rings. The molecule has 0 spiro atoms. The third kappa shape index (κ3) is 3.77. The van der Waals surface area contributed by atoms with Crippen molar-refractivity contribution in [1.29, 1.82) is 0 Å². The van der Waals surface area contributed by atoms with E-state index in [1.807, 2.05) is 54.3 Å². The fourth-order valence-electron chi connectivity index (χ4n) is 4.34.